The van der Waals surface area contributed by atoms with Gasteiger partial charge in [0.15, 0.2) is 0 Å². The summed E-state index contributed by atoms with van der Waals surface area (Å²) < 4.78 is 9.83. The number of methoxy groups -OCH3 is 1. The fourth-order valence-electron chi connectivity index (χ4n) is 2.90. The minimum atomic E-state index is -3.20. The summed E-state index contributed by atoms with van der Waals surface area (Å²) in [6.45, 7) is -0.845. The maximum atomic E-state index is 11.8. The second kappa shape index (κ2) is 8.81. The fraction of sp³-hybridized carbons (Fsp3) is 0.786. The van der Waals surface area contributed by atoms with Crippen LogP contribution in [0.4, 0.5) is 0 Å². The summed E-state index contributed by atoms with van der Waals surface area (Å²) in [5, 5.41) is 60.6. The molecule has 0 saturated carbocycles. The van der Waals surface area contributed by atoms with Crippen LogP contribution in [0.3, 0.4) is 0 Å². The maximum Gasteiger partial charge on any atom is 0.365 e. The Morgan fingerprint density at radius 1 is 1.31 bits per heavy atom. The van der Waals surface area contributed by atoms with Gasteiger partial charge in [-0.1, -0.05) is 0 Å². The van der Waals surface area contributed by atoms with Crippen molar-refractivity contribution in [3.8, 4) is 0 Å². The van der Waals surface area contributed by atoms with Crippen molar-refractivity contribution in [1.29, 1.82) is 0 Å². The summed E-state index contributed by atoms with van der Waals surface area (Å²) in [7, 11) is 1.12. The van der Waals surface area contributed by atoms with Gasteiger partial charge in [-0.05, 0) is 6.92 Å². The molecule has 2 unspecified atom stereocenters. The normalized spacial score (nSPS) is 34.0. The van der Waals surface area contributed by atoms with Gasteiger partial charge in [0.05, 0.1) is 18.8 Å². The molecule has 150 valence electrons. The van der Waals surface area contributed by atoms with E-state index in [1.54, 1.807) is 0 Å². The molecular weight excluding hydrogens is 358 g/mol. The molecule has 0 aromatic heterocycles. The molecule has 0 aromatic carbocycles. The largest absolute Gasteiger partial charge is 0.477 e. The van der Waals surface area contributed by atoms with Crippen LogP contribution >= 0.6 is 0 Å². The molecule has 1 aliphatic heterocycles. The number of carbonyl (C=O) groups excluding carboxylic acids is 2. The van der Waals surface area contributed by atoms with Crippen molar-refractivity contribution in [2.24, 2.45) is 5.92 Å². The van der Waals surface area contributed by atoms with Crippen LogP contribution in [0.2, 0.25) is 0 Å². The van der Waals surface area contributed by atoms with Crippen LogP contribution in [0.5, 0.6) is 0 Å². The number of carbonyl (C=O) groups is 3. The lowest BCUT2D eigenvalue weighted by atomic mass is 9.78. The van der Waals surface area contributed by atoms with Crippen LogP contribution in [-0.4, -0.2) is 105 Å². The number of hydrogen-bond donors (Lipinski definition) is 7. The Labute approximate surface area is 148 Å². The van der Waals surface area contributed by atoms with E-state index >= 15 is 0 Å². The molecule has 1 rings (SSSR count). The van der Waals surface area contributed by atoms with Crippen molar-refractivity contribution in [3.63, 3.8) is 0 Å². The Morgan fingerprint density at radius 3 is 2.27 bits per heavy atom. The van der Waals surface area contributed by atoms with E-state index in [4.69, 9.17) is 14.6 Å². The second-order valence-corrected chi connectivity index (χ2v) is 5.86. The van der Waals surface area contributed by atoms with E-state index in [2.05, 4.69) is 5.32 Å². The number of aliphatic hydroxyl groups excluding tert-OH is 4. The summed E-state index contributed by atoms with van der Waals surface area (Å²) in [5.41, 5.74) is 0. The highest BCUT2D eigenvalue weighted by Crippen LogP contribution is 2.36. The Kier molecular flexibility index (Phi) is 7.58. The highest BCUT2D eigenvalue weighted by Gasteiger charge is 2.62. The molecule has 0 aromatic rings. The number of amides is 1. The second-order valence-electron chi connectivity index (χ2n) is 5.86. The van der Waals surface area contributed by atoms with Crippen molar-refractivity contribution in [3.05, 3.63) is 0 Å². The molecule has 0 bridgehead atoms. The molecular formula is C14H23NO11. The predicted molar refractivity (Wildman–Crippen MR) is 80.5 cm³/mol. The molecule has 1 fully saturated rings. The first kappa shape index (κ1) is 22.4. The third kappa shape index (κ3) is 4.17. The number of rotatable bonds is 8. The van der Waals surface area contributed by atoms with Gasteiger partial charge in [-0.2, -0.15) is 0 Å². The molecule has 0 radical (unpaired) electrons. The van der Waals surface area contributed by atoms with Gasteiger partial charge in [0.1, 0.15) is 36.6 Å². The van der Waals surface area contributed by atoms with E-state index < -0.39 is 73.0 Å². The van der Waals surface area contributed by atoms with Crippen molar-refractivity contribution >= 4 is 17.7 Å². The number of nitrogens with one attached hydrogen (secondary N) is 1. The van der Waals surface area contributed by atoms with Crippen molar-refractivity contribution in [2.45, 2.75) is 43.2 Å². The monoisotopic (exact) mass is 381 g/mol. The first-order valence-electron chi connectivity index (χ1n) is 7.59. The average molecular weight is 381 g/mol. The molecule has 12 nitrogen and oxygen atoms in total. The Bertz CT molecular complexity index is 537. The first-order chi connectivity index (χ1) is 12.0. The molecule has 1 heterocycles. The number of ether oxygens (including phenoxy) is 2. The van der Waals surface area contributed by atoms with E-state index in [9.17, 15) is 39.9 Å². The number of hydrogen-bond acceptors (Lipinski definition) is 10. The lowest BCUT2D eigenvalue weighted by Crippen LogP contribution is -2.72. The molecule has 7 atom stereocenters. The van der Waals surface area contributed by atoms with Crippen molar-refractivity contribution in [1.82, 2.24) is 5.32 Å². The van der Waals surface area contributed by atoms with Crippen LogP contribution in [-0.2, 0) is 23.9 Å². The standard InChI is InChI=1S/C14H23NO11/c1-5(18)8-11(21)9(15-7(19)4-17)12(10(20)6(3-16)25-2)26-14(8,24)13(22)23/h6,8-12,16-17,20-21,24H,3-4H2,1-2H3,(H,15,19)(H,22,23)/t6-,8?,9-,10-,11+,12-,14?/m1/s1. The van der Waals surface area contributed by atoms with Gasteiger partial charge in [-0.3, -0.25) is 9.59 Å². The van der Waals surface area contributed by atoms with E-state index in [0.717, 1.165) is 14.0 Å². The zero-order valence-electron chi connectivity index (χ0n) is 14.1. The predicted octanol–water partition coefficient (Wildman–Crippen LogP) is -4.43. The molecule has 7 N–H and O–H groups in total. The first-order valence-corrected chi connectivity index (χ1v) is 7.59. The van der Waals surface area contributed by atoms with Gasteiger partial charge in [0, 0.05) is 7.11 Å². The van der Waals surface area contributed by atoms with Gasteiger partial charge in [0.25, 0.3) is 5.79 Å². The lowest BCUT2D eigenvalue weighted by molar-refractivity contribution is -0.314. The van der Waals surface area contributed by atoms with E-state index in [0.29, 0.717) is 0 Å². The Balaban J connectivity index is 3.39. The highest BCUT2D eigenvalue weighted by atomic mass is 16.7. The van der Waals surface area contributed by atoms with Gasteiger partial charge < -0.3 is 45.4 Å². The quantitative estimate of drug-likeness (QED) is 0.214. The van der Waals surface area contributed by atoms with Gasteiger partial charge in [0.2, 0.25) is 5.91 Å². The summed E-state index contributed by atoms with van der Waals surface area (Å²) in [4.78, 5) is 34.8. The Hall–Kier alpha value is -1.67. The SMILES string of the molecule is CO[C@H](CO)[C@@H](O)[C@@H]1OC(O)(C(=O)O)C(C(C)=O)[C@H](O)[C@H]1NC(=O)CO. The van der Waals surface area contributed by atoms with Crippen LogP contribution in [0.1, 0.15) is 6.92 Å². The van der Waals surface area contributed by atoms with Crippen LogP contribution < -0.4 is 5.32 Å². The average Bonchev–Trinajstić information content (AvgIpc) is 2.57. The summed E-state index contributed by atoms with van der Waals surface area (Å²) in [6.07, 6.45) is -6.93. The maximum absolute atomic E-state index is 11.8. The lowest BCUT2D eigenvalue weighted by Gasteiger charge is -2.48. The number of aliphatic carboxylic acids is 1. The zero-order valence-corrected chi connectivity index (χ0v) is 14.1. The molecule has 26 heavy (non-hydrogen) atoms. The van der Waals surface area contributed by atoms with E-state index in [-0.39, 0.29) is 0 Å². The van der Waals surface area contributed by atoms with Crippen LogP contribution in [0, 0.1) is 5.92 Å². The van der Waals surface area contributed by atoms with Gasteiger partial charge in [-0.15, -0.1) is 0 Å². The van der Waals surface area contributed by atoms with Crippen LogP contribution in [0.15, 0.2) is 0 Å². The molecule has 1 amide bonds. The number of carboxylic acids is 1. The van der Waals surface area contributed by atoms with Crippen LogP contribution in [0.25, 0.3) is 0 Å². The number of carboxylic acid groups (broad SMARTS) is 1. The number of Topliss-reactive ketones (excluding diaryl/α,β-unsaturated/α-hetero) is 1. The minimum Gasteiger partial charge on any atom is -0.477 e. The highest BCUT2D eigenvalue weighted by molar-refractivity contribution is 5.89. The third-order valence-electron chi connectivity index (χ3n) is 4.22. The van der Waals surface area contributed by atoms with Crippen molar-refractivity contribution < 1.29 is 54.5 Å². The Morgan fingerprint density at radius 2 is 1.88 bits per heavy atom. The molecule has 0 spiro atoms. The minimum absolute atomic E-state index is 0.740. The summed E-state index contributed by atoms with van der Waals surface area (Å²) in [5.74, 6) is -9.17. The zero-order chi connectivity index (χ0) is 20.2. The van der Waals surface area contributed by atoms with E-state index in [1.165, 1.54) is 0 Å². The van der Waals surface area contributed by atoms with Gasteiger partial charge >= 0.3 is 5.97 Å². The number of aliphatic hydroxyl groups is 5. The molecule has 1 aliphatic rings. The van der Waals surface area contributed by atoms with Crippen molar-refractivity contribution in [2.75, 3.05) is 20.3 Å². The van der Waals surface area contributed by atoms with Gasteiger partial charge in [-0.25, -0.2) is 4.79 Å². The number of ketones is 1. The summed E-state index contributed by atoms with van der Waals surface area (Å²) >= 11 is 0. The van der Waals surface area contributed by atoms with E-state index in [1.807, 2.05) is 0 Å². The molecule has 0 aliphatic carbocycles. The molecule has 1 saturated heterocycles. The smallest absolute Gasteiger partial charge is 0.365 e. The topological polar surface area (TPSA) is 203 Å². The fourth-order valence-corrected chi connectivity index (χ4v) is 2.90. The third-order valence-corrected chi connectivity index (χ3v) is 4.22. The molecule has 12 heteroatoms. The summed E-state index contributed by atoms with van der Waals surface area (Å²) in [6, 6.07) is -1.60.